The zero-order valence-corrected chi connectivity index (χ0v) is 14.8. The summed E-state index contributed by atoms with van der Waals surface area (Å²) in [4.78, 5) is 24.6. The average Bonchev–Trinajstić information content (AvgIpc) is 2.72. The Hall–Kier alpha value is -3.54. The van der Waals surface area contributed by atoms with Crippen molar-refractivity contribution in [2.45, 2.75) is 13.2 Å². The van der Waals surface area contributed by atoms with Gasteiger partial charge < -0.3 is 19.2 Å². The molecule has 1 N–H and O–H groups in total. The molecule has 1 amide bonds. The number of rotatable bonds is 7. The van der Waals surface area contributed by atoms with E-state index in [0.29, 0.717) is 0 Å². The van der Waals surface area contributed by atoms with Gasteiger partial charge in [0.15, 0.2) is 0 Å². The smallest absolute Gasteiger partial charge is 0.291 e. The molecule has 0 spiro atoms. The largest absolute Gasteiger partial charge is 0.497 e. The number of hydrogen-bond acceptors (Lipinski definition) is 5. The highest BCUT2D eigenvalue weighted by Crippen LogP contribution is 2.16. The first-order chi connectivity index (χ1) is 13.2. The van der Waals surface area contributed by atoms with Crippen LogP contribution in [0.1, 0.15) is 21.7 Å². The van der Waals surface area contributed by atoms with Crippen molar-refractivity contribution in [2.24, 2.45) is 0 Å². The summed E-state index contributed by atoms with van der Waals surface area (Å²) in [5.74, 6) is -0.0390. The molecule has 0 unspecified atom stereocenters. The lowest BCUT2D eigenvalue weighted by Crippen LogP contribution is -2.25. The third-order valence-corrected chi connectivity index (χ3v) is 3.88. The van der Waals surface area contributed by atoms with Crippen molar-refractivity contribution in [2.75, 3.05) is 7.11 Å². The number of nitrogens with one attached hydrogen (secondary N) is 1. The Bertz CT molecular complexity index is 948. The van der Waals surface area contributed by atoms with Gasteiger partial charge in [0.1, 0.15) is 12.4 Å². The molecule has 6 nitrogen and oxygen atoms in total. The van der Waals surface area contributed by atoms with E-state index in [9.17, 15) is 9.59 Å². The molecule has 0 fully saturated rings. The molecular weight excluding hydrogens is 346 g/mol. The lowest BCUT2D eigenvalue weighted by molar-refractivity contribution is 0.0912. The van der Waals surface area contributed by atoms with Gasteiger partial charge in [0, 0.05) is 12.6 Å². The molecule has 0 saturated heterocycles. The Morgan fingerprint density at radius 2 is 1.74 bits per heavy atom. The van der Waals surface area contributed by atoms with Crippen LogP contribution in [0.4, 0.5) is 0 Å². The first-order valence-electron chi connectivity index (χ1n) is 8.37. The zero-order valence-electron chi connectivity index (χ0n) is 14.8. The molecule has 6 heteroatoms. The minimum Gasteiger partial charge on any atom is -0.497 e. The highest BCUT2D eigenvalue weighted by atomic mass is 16.5. The van der Waals surface area contributed by atoms with Crippen molar-refractivity contribution in [1.82, 2.24) is 5.32 Å². The van der Waals surface area contributed by atoms with Crippen LogP contribution in [0.3, 0.4) is 0 Å². The van der Waals surface area contributed by atoms with Crippen LogP contribution in [0.2, 0.25) is 0 Å². The van der Waals surface area contributed by atoms with Gasteiger partial charge in [0.25, 0.3) is 5.91 Å². The summed E-state index contributed by atoms with van der Waals surface area (Å²) in [5, 5.41) is 2.73. The van der Waals surface area contributed by atoms with Gasteiger partial charge >= 0.3 is 0 Å². The summed E-state index contributed by atoms with van der Waals surface area (Å²) in [6.07, 6.45) is 1.18. The highest BCUT2D eigenvalue weighted by Gasteiger charge is 2.19. The van der Waals surface area contributed by atoms with E-state index in [2.05, 4.69) is 5.32 Å². The topological polar surface area (TPSA) is 77.8 Å². The molecule has 0 aliphatic rings. The number of carbonyl (C=O) groups is 1. The maximum absolute atomic E-state index is 12.5. The third-order valence-electron chi connectivity index (χ3n) is 3.88. The summed E-state index contributed by atoms with van der Waals surface area (Å²) in [6, 6.07) is 17.9. The normalized spacial score (nSPS) is 10.3. The molecule has 27 heavy (non-hydrogen) atoms. The predicted molar refractivity (Wildman–Crippen MR) is 99.9 cm³/mol. The molecule has 3 rings (SSSR count). The average molecular weight is 365 g/mol. The van der Waals surface area contributed by atoms with Crippen LogP contribution < -0.4 is 20.2 Å². The Morgan fingerprint density at radius 1 is 1.00 bits per heavy atom. The fourth-order valence-electron chi connectivity index (χ4n) is 2.43. The number of ether oxygens (including phenoxy) is 2. The molecule has 1 aromatic heterocycles. The van der Waals surface area contributed by atoms with Crippen molar-refractivity contribution >= 4 is 5.91 Å². The second-order valence-corrected chi connectivity index (χ2v) is 5.75. The molecule has 3 aromatic rings. The molecule has 0 radical (unpaired) electrons. The van der Waals surface area contributed by atoms with E-state index in [0.717, 1.165) is 16.9 Å². The molecule has 0 aliphatic carbocycles. The van der Waals surface area contributed by atoms with E-state index < -0.39 is 11.3 Å². The second kappa shape index (κ2) is 8.71. The molecular formula is C21H19NO5. The number of hydrogen-bond donors (Lipinski definition) is 1. The second-order valence-electron chi connectivity index (χ2n) is 5.75. The van der Waals surface area contributed by atoms with E-state index in [1.165, 1.54) is 12.3 Å². The molecule has 1 heterocycles. The first-order valence-corrected chi connectivity index (χ1v) is 8.37. The van der Waals surface area contributed by atoms with Gasteiger partial charge in [0.2, 0.25) is 16.9 Å². The van der Waals surface area contributed by atoms with Gasteiger partial charge in [0.05, 0.1) is 13.4 Å². The number of benzene rings is 2. The number of carbonyl (C=O) groups excluding carboxylic acids is 1. The van der Waals surface area contributed by atoms with Crippen molar-refractivity contribution in [3.05, 3.63) is 94.0 Å². The van der Waals surface area contributed by atoms with Crippen LogP contribution in [0.25, 0.3) is 0 Å². The Kier molecular flexibility index (Phi) is 5.89. The molecule has 0 bridgehead atoms. The van der Waals surface area contributed by atoms with Crippen LogP contribution in [0, 0.1) is 0 Å². The lowest BCUT2D eigenvalue weighted by Gasteiger charge is -2.10. The van der Waals surface area contributed by atoms with Gasteiger partial charge in [-0.15, -0.1) is 0 Å². The van der Waals surface area contributed by atoms with E-state index in [-0.39, 0.29) is 24.7 Å². The minimum atomic E-state index is -0.522. The summed E-state index contributed by atoms with van der Waals surface area (Å²) in [6.45, 7) is 0.438. The van der Waals surface area contributed by atoms with Crippen LogP contribution in [0.5, 0.6) is 11.5 Å². The van der Waals surface area contributed by atoms with E-state index in [4.69, 9.17) is 13.9 Å². The predicted octanol–water partition coefficient (Wildman–Crippen LogP) is 3.16. The van der Waals surface area contributed by atoms with Gasteiger partial charge in [-0.05, 0) is 23.3 Å². The van der Waals surface area contributed by atoms with Crippen LogP contribution in [0.15, 0.2) is 76.1 Å². The van der Waals surface area contributed by atoms with Crippen LogP contribution in [-0.2, 0) is 13.2 Å². The lowest BCUT2D eigenvalue weighted by atomic mass is 10.2. The maximum Gasteiger partial charge on any atom is 0.291 e. The van der Waals surface area contributed by atoms with E-state index >= 15 is 0 Å². The Balaban J connectivity index is 1.70. The quantitative estimate of drug-likeness (QED) is 0.696. The van der Waals surface area contributed by atoms with Gasteiger partial charge in [-0.1, -0.05) is 42.5 Å². The summed E-state index contributed by atoms with van der Waals surface area (Å²) in [5.41, 5.74) is 1.35. The SMILES string of the molecule is COc1ccc(CNC(=O)c2occc(=O)c2OCc2ccccc2)cc1. The first kappa shape index (κ1) is 18.3. The van der Waals surface area contributed by atoms with Gasteiger partial charge in [-0.25, -0.2) is 0 Å². The zero-order chi connectivity index (χ0) is 19.1. The number of amides is 1. The van der Waals surface area contributed by atoms with E-state index in [1.807, 2.05) is 42.5 Å². The Morgan fingerprint density at radius 3 is 2.44 bits per heavy atom. The molecule has 2 aromatic carbocycles. The van der Waals surface area contributed by atoms with E-state index in [1.54, 1.807) is 19.2 Å². The van der Waals surface area contributed by atoms with Crippen LogP contribution >= 0.6 is 0 Å². The molecule has 0 saturated carbocycles. The Labute approximate surface area is 156 Å². The summed E-state index contributed by atoms with van der Waals surface area (Å²) < 4.78 is 15.9. The maximum atomic E-state index is 12.5. The summed E-state index contributed by atoms with van der Waals surface area (Å²) >= 11 is 0. The monoisotopic (exact) mass is 365 g/mol. The molecule has 0 atom stereocenters. The third kappa shape index (κ3) is 4.76. The van der Waals surface area contributed by atoms with Crippen molar-refractivity contribution < 1.29 is 18.7 Å². The molecule has 138 valence electrons. The summed E-state index contributed by atoms with van der Waals surface area (Å²) in [7, 11) is 1.59. The fraction of sp³-hybridized carbons (Fsp3) is 0.143. The van der Waals surface area contributed by atoms with Crippen molar-refractivity contribution in [1.29, 1.82) is 0 Å². The van der Waals surface area contributed by atoms with Gasteiger partial charge in [-0.3, -0.25) is 9.59 Å². The molecule has 0 aliphatic heterocycles. The minimum absolute atomic E-state index is 0.103. The highest BCUT2D eigenvalue weighted by molar-refractivity contribution is 5.93. The fourth-order valence-corrected chi connectivity index (χ4v) is 2.43. The van der Waals surface area contributed by atoms with Crippen molar-refractivity contribution in [3.63, 3.8) is 0 Å². The standard InChI is InChI=1S/C21H19NO5/c1-25-17-9-7-15(8-10-17)13-22-21(24)20-19(18(23)11-12-26-20)27-14-16-5-3-2-4-6-16/h2-12H,13-14H2,1H3,(H,22,24). The number of methoxy groups -OCH3 is 1. The van der Waals surface area contributed by atoms with Crippen molar-refractivity contribution in [3.8, 4) is 11.5 Å². The van der Waals surface area contributed by atoms with Crippen LogP contribution in [-0.4, -0.2) is 13.0 Å². The van der Waals surface area contributed by atoms with Gasteiger partial charge in [-0.2, -0.15) is 0 Å².